The van der Waals surface area contributed by atoms with Crippen LogP contribution in [0.2, 0.25) is 0 Å². The predicted octanol–water partition coefficient (Wildman–Crippen LogP) is 2.27. The maximum absolute atomic E-state index is 5.86. The SMILES string of the molecule is Cn1cc(CN2CC2COc2ccc(Oc3cnccn3)cc2)cn1. The average Bonchev–Trinajstić information content (AvgIpc) is 3.24. The molecule has 0 aliphatic carbocycles. The van der Waals surface area contributed by atoms with E-state index in [0.717, 1.165) is 18.8 Å². The molecule has 2 aromatic heterocycles. The number of aromatic nitrogens is 4. The van der Waals surface area contributed by atoms with Crippen LogP contribution >= 0.6 is 0 Å². The fourth-order valence-corrected chi connectivity index (χ4v) is 2.62. The van der Waals surface area contributed by atoms with Gasteiger partial charge in [-0.25, -0.2) is 4.98 Å². The Bertz CT molecular complexity index is 819. The van der Waals surface area contributed by atoms with Crippen molar-refractivity contribution in [2.75, 3.05) is 13.2 Å². The topological polar surface area (TPSA) is 65.1 Å². The molecule has 25 heavy (non-hydrogen) atoms. The van der Waals surface area contributed by atoms with E-state index in [2.05, 4.69) is 20.0 Å². The Morgan fingerprint density at radius 2 is 1.96 bits per heavy atom. The smallest absolute Gasteiger partial charge is 0.237 e. The Hall–Kier alpha value is -2.93. The van der Waals surface area contributed by atoms with E-state index in [9.17, 15) is 0 Å². The largest absolute Gasteiger partial charge is 0.492 e. The van der Waals surface area contributed by atoms with Crippen LogP contribution in [0, 0.1) is 0 Å². The maximum atomic E-state index is 5.86. The molecule has 3 heterocycles. The molecule has 1 aliphatic rings. The number of rotatable bonds is 7. The van der Waals surface area contributed by atoms with E-state index in [1.54, 1.807) is 18.6 Å². The van der Waals surface area contributed by atoms with Crippen LogP contribution < -0.4 is 9.47 Å². The van der Waals surface area contributed by atoms with Crippen LogP contribution in [-0.2, 0) is 13.6 Å². The van der Waals surface area contributed by atoms with Crippen molar-refractivity contribution in [1.82, 2.24) is 24.6 Å². The van der Waals surface area contributed by atoms with E-state index in [1.165, 1.54) is 5.56 Å². The minimum absolute atomic E-state index is 0.468. The summed E-state index contributed by atoms with van der Waals surface area (Å²) >= 11 is 0. The monoisotopic (exact) mass is 337 g/mol. The third-order valence-corrected chi connectivity index (χ3v) is 4.00. The van der Waals surface area contributed by atoms with Crippen LogP contribution in [0.4, 0.5) is 0 Å². The Balaban J connectivity index is 1.24. The third-order valence-electron chi connectivity index (χ3n) is 4.00. The lowest BCUT2D eigenvalue weighted by atomic mass is 10.3. The lowest BCUT2D eigenvalue weighted by molar-refractivity contribution is 0.292. The molecule has 0 saturated carbocycles. The van der Waals surface area contributed by atoms with Gasteiger partial charge in [0.2, 0.25) is 5.88 Å². The van der Waals surface area contributed by atoms with Gasteiger partial charge in [-0.3, -0.25) is 14.6 Å². The maximum Gasteiger partial charge on any atom is 0.237 e. The first-order valence-corrected chi connectivity index (χ1v) is 8.14. The van der Waals surface area contributed by atoms with Gasteiger partial charge in [0.15, 0.2) is 0 Å². The number of hydrogen-bond donors (Lipinski definition) is 0. The summed E-state index contributed by atoms with van der Waals surface area (Å²) < 4.78 is 13.3. The minimum atomic E-state index is 0.468. The molecule has 0 spiro atoms. The molecule has 4 rings (SSSR count). The van der Waals surface area contributed by atoms with Gasteiger partial charge in [0.05, 0.1) is 18.4 Å². The van der Waals surface area contributed by atoms with Crippen LogP contribution in [0.5, 0.6) is 17.4 Å². The quantitative estimate of drug-likeness (QED) is 0.616. The van der Waals surface area contributed by atoms with Crippen molar-refractivity contribution in [1.29, 1.82) is 0 Å². The van der Waals surface area contributed by atoms with Gasteiger partial charge >= 0.3 is 0 Å². The molecule has 0 radical (unpaired) electrons. The van der Waals surface area contributed by atoms with Crippen molar-refractivity contribution in [3.63, 3.8) is 0 Å². The van der Waals surface area contributed by atoms with E-state index in [4.69, 9.17) is 9.47 Å². The minimum Gasteiger partial charge on any atom is -0.492 e. The number of benzene rings is 1. The van der Waals surface area contributed by atoms with E-state index in [-0.39, 0.29) is 0 Å². The van der Waals surface area contributed by atoms with Crippen molar-refractivity contribution >= 4 is 0 Å². The molecule has 7 nitrogen and oxygen atoms in total. The Labute approximate surface area is 145 Å². The molecule has 3 aromatic rings. The number of hydrogen-bond acceptors (Lipinski definition) is 6. The van der Waals surface area contributed by atoms with Crippen LogP contribution in [0.15, 0.2) is 55.2 Å². The lowest BCUT2D eigenvalue weighted by Gasteiger charge is -2.08. The van der Waals surface area contributed by atoms with Crippen LogP contribution in [0.1, 0.15) is 5.56 Å². The highest BCUT2D eigenvalue weighted by Crippen LogP contribution is 2.24. The molecular weight excluding hydrogens is 318 g/mol. The van der Waals surface area contributed by atoms with E-state index in [1.807, 2.05) is 48.4 Å². The molecule has 2 atom stereocenters. The molecule has 0 bridgehead atoms. The molecule has 0 N–H and O–H groups in total. The predicted molar refractivity (Wildman–Crippen MR) is 91.4 cm³/mol. The van der Waals surface area contributed by atoms with Gasteiger partial charge < -0.3 is 9.47 Å². The fraction of sp³-hybridized carbons (Fsp3) is 0.278. The molecule has 1 aromatic carbocycles. The third kappa shape index (κ3) is 4.13. The molecule has 7 heteroatoms. The van der Waals surface area contributed by atoms with Gasteiger partial charge in [-0.2, -0.15) is 5.10 Å². The van der Waals surface area contributed by atoms with Gasteiger partial charge in [-0.1, -0.05) is 0 Å². The summed E-state index contributed by atoms with van der Waals surface area (Å²) in [6.07, 6.45) is 8.74. The van der Waals surface area contributed by atoms with Gasteiger partial charge in [0.1, 0.15) is 18.1 Å². The lowest BCUT2D eigenvalue weighted by Crippen LogP contribution is -2.10. The molecule has 1 aliphatic heterocycles. The fourth-order valence-electron chi connectivity index (χ4n) is 2.62. The summed E-state index contributed by atoms with van der Waals surface area (Å²) in [6.45, 7) is 2.67. The normalized spacial score (nSPS) is 18.8. The summed E-state index contributed by atoms with van der Waals surface area (Å²) in [5, 5.41) is 4.19. The van der Waals surface area contributed by atoms with Gasteiger partial charge in [0, 0.05) is 44.3 Å². The van der Waals surface area contributed by atoms with Crippen LogP contribution in [0.3, 0.4) is 0 Å². The highest BCUT2D eigenvalue weighted by Gasteiger charge is 2.34. The van der Waals surface area contributed by atoms with Crippen LogP contribution in [-0.4, -0.2) is 43.8 Å². The Morgan fingerprint density at radius 3 is 2.68 bits per heavy atom. The highest BCUT2D eigenvalue weighted by atomic mass is 16.5. The summed E-state index contributed by atoms with van der Waals surface area (Å²) in [7, 11) is 1.93. The highest BCUT2D eigenvalue weighted by molar-refractivity contribution is 5.33. The van der Waals surface area contributed by atoms with Crippen molar-refractivity contribution in [2.45, 2.75) is 12.6 Å². The molecule has 1 saturated heterocycles. The van der Waals surface area contributed by atoms with Crippen LogP contribution in [0.25, 0.3) is 0 Å². The van der Waals surface area contributed by atoms with E-state index in [0.29, 0.717) is 24.3 Å². The zero-order valence-corrected chi connectivity index (χ0v) is 13.9. The van der Waals surface area contributed by atoms with Crippen molar-refractivity contribution in [2.24, 2.45) is 7.05 Å². The zero-order chi connectivity index (χ0) is 17.1. The molecule has 128 valence electrons. The summed E-state index contributed by atoms with van der Waals surface area (Å²) in [4.78, 5) is 10.4. The Morgan fingerprint density at radius 1 is 1.12 bits per heavy atom. The Kier molecular flexibility index (Phi) is 4.30. The number of ether oxygens (including phenoxy) is 2. The molecule has 2 unspecified atom stereocenters. The average molecular weight is 337 g/mol. The molecule has 1 fully saturated rings. The summed E-state index contributed by atoms with van der Waals surface area (Å²) in [6, 6.07) is 8.00. The number of aryl methyl sites for hydroxylation is 1. The first kappa shape index (κ1) is 15.6. The van der Waals surface area contributed by atoms with Gasteiger partial charge in [0.25, 0.3) is 0 Å². The second-order valence-corrected chi connectivity index (χ2v) is 6.03. The van der Waals surface area contributed by atoms with Crippen molar-refractivity contribution in [3.8, 4) is 17.4 Å². The summed E-state index contributed by atoms with van der Waals surface area (Å²) in [5.74, 6) is 2.01. The van der Waals surface area contributed by atoms with Gasteiger partial charge in [-0.05, 0) is 24.3 Å². The molecule has 0 amide bonds. The first-order chi connectivity index (χ1) is 12.3. The molecular formula is C18H19N5O2. The standard InChI is InChI=1S/C18H19N5O2/c1-22-10-14(8-21-22)11-23-12-15(23)13-24-16-2-4-17(5-3-16)25-18-9-19-6-7-20-18/h2-10,15H,11-13H2,1H3. The van der Waals surface area contributed by atoms with E-state index >= 15 is 0 Å². The first-order valence-electron chi connectivity index (χ1n) is 8.14. The zero-order valence-electron chi connectivity index (χ0n) is 13.9. The summed E-state index contributed by atoms with van der Waals surface area (Å²) in [5.41, 5.74) is 1.23. The second-order valence-electron chi connectivity index (χ2n) is 6.03. The van der Waals surface area contributed by atoms with Gasteiger partial charge in [-0.15, -0.1) is 0 Å². The number of nitrogens with zero attached hydrogens (tertiary/aromatic N) is 5. The second kappa shape index (κ2) is 6.90. The van der Waals surface area contributed by atoms with Crippen molar-refractivity contribution in [3.05, 3.63) is 60.8 Å². The van der Waals surface area contributed by atoms with E-state index < -0.39 is 0 Å². The van der Waals surface area contributed by atoms with Crippen molar-refractivity contribution < 1.29 is 9.47 Å².